The van der Waals surface area contributed by atoms with Crippen LogP contribution in [0, 0.1) is 23.0 Å². The number of nitriles is 1. The lowest BCUT2D eigenvalue weighted by Crippen LogP contribution is -2.25. The van der Waals surface area contributed by atoms with Crippen LogP contribution in [0.3, 0.4) is 0 Å². The Morgan fingerprint density at radius 3 is 2.64 bits per heavy atom. The molecule has 0 saturated heterocycles. The molecule has 0 aliphatic rings. The minimum Gasteiger partial charge on any atom is -0.479 e. The second kappa shape index (κ2) is 8.60. The zero-order valence-corrected chi connectivity index (χ0v) is 13.5. The molecule has 0 aliphatic heterocycles. The van der Waals surface area contributed by atoms with Gasteiger partial charge in [0.15, 0.2) is 6.61 Å². The first kappa shape index (κ1) is 18.1. The molecule has 2 aromatic rings. The number of ether oxygens (including phenoxy) is 1. The Bertz CT molecular complexity index is 811. The van der Waals surface area contributed by atoms with Gasteiger partial charge in [-0.15, -0.1) is 0 Å². The van der Waals surface area contributed by atoms with Crippen LogP contribution in [-0.2, 0) is 4.79 Å². The molecule has 0 fully saturated rings. The first-order chi connectivity index (χ1) is 12.0. The predicted molar refractivity (Wildman–Crippen MR) is 89.5 cm³/mol. The van der Waals surface area contributed by atoms with E-state index in [1.165, 1.54) is 12.1 Å². The van der Waals surface area contributed by atoms with Crippen LogP contribution < -0.4 is 10.1 Å². The monoisotopic (exact) mass is 342 g/mol. The molecule has 2 rings (SSSR count). The van der Waals surface area contributed by atoms with Crippen LogP contribution in [0.25, 0.3) is 6.08 Å². The molecule has 4 nitrogen and oxygen atoms in total. The molecular weight excluding hydrogens is 326 g/mol. The van der Waals surface area contributed by atoms with E-state index < -0.39 is 23.6 Å². The van der Waals surface area contributed by atoms with Gasteiger partial charge in [0.2, 0.25) is 5.91 Å². The van der Waals surface area contributed by atoms with Crippen LogP contribution in [0.15, 0.2) is 48.5 Å². The van der Waals surface area contributed by atoms with E-state index in [4.69, 9.17) is 10.00 Å². The minimum atomic E-state index is -0.704. The van der Waals surface area contributed by atoms with Gasteiger partial charge in [0.1, 0.15) is 23.5 Å². The highest BCUT2D eigenvalue weighted by molar-refractivity contribution is 5.92. The van der Waals surface area contributed by atoms with Crippen molar-refractivity contribution >= 4 is 12.0 Å². The van der Waals surface area contributed by atoms with E-state index in [2.05, 4.69) is 5.32 Å². The van der Waals surface area contributed by atoms with Crippen molar-refractivity contribution in [3.8, 4) is 11.8 Å². The van der Waals surface area contributed by atoms with E-state index in [-0.39, 0.29) is 12.2 Å². The van der Waals surface area contributed by atoms with Gasteiger partial charge in [0, 0.05) is 17.7 Å². The van der Waals surface area contributed by atoms with Gasteiger partial charge in [-0.3, -0.25) is 4.79 Å². The predicted octanol–water partition coefficient (Wildman–Crippen LogP) is 3.76. The first-order valence-electron chi connectivity index (χ1n) is 7.53. The highest BCUT2D eigenvalue weighted by Gasteiger charge is 2.12. The Hall–Kier alpha value is -3.20. The molecule has 0 radical (unpaired) electrons. The van der Waals surface area contributed by atoms with Crippen molar-refractivity contribution in [1.82, 2.24) is 5.32 Å². The fourth-order valence-electron chi connectivity index (χ4n) is 2.15. The smallest absolute Gasteiger partial charge is 0.244 e. The number of nitrogens with one attached hydrogen (secondary N) is 1. The van der Waals surface area contributed by atoms with Crippen molar-refractivity contribution in [2.24, 2.45) is 0 Å². The molecule has 2 aromatic carbocycles. The molecule has 0 heterocycles. The first-order valence-corrected chi connectivity index (χ1v) is 7.53. The summed E-state index contributed by atoms with van der Waals surface area (Å²) in [5.74, 6) is -1.21. The molecule has 0 bridgehead atoms. The molecule has 6 heteroatoms. The summed E-state index contributed by atoms with van der Waals surface area (Å²) in [4.78, 5) is 11.9. The zero-order valence-electron chi connectivity index (χ0n) is 13.5. The third kappa shape index (κ3) is 5.43. The van der Waals surface area contributed by atoms with Gasteiger partial charge in [-0.1, -0.05) is 18.2 Å². The summed E-state index contributed by atoms with van der Waals surface area (Å²) in [5, 5.41) is 11.1. The summed E-state index contributed by atoms with van der Waals surface area (Å²) >= 11 is 0. The van der Waals surface area contributed by atoms with Crippen molar-refractivity contribution < 1.29 is 18.3 Å². The fourth-order valence-corrected chi connectivity index (χ4v) is 2.15. The van der Waals surface area contributed by atoms with E-state index in [9.17, 15) is 13.6 Å². The maximum atomic E-state index is 13.7. The SMILES string of the molecule is CC(NC(=O)/C=C/c1ccc(OCC#N)cc1)c1ccc(F)cc1F. The number of benzene rings is 2. The van der Waals surface area contributed by atoms with Crippen molar-refractivity contribution in [2.45, 2.75) is 13.0 Å². The van der Waals surface area contributed by atoms with Crippen molar-refractivity contribution in [1.29, 1.82) is 5.26 Å². The van der Waals surface area contributed by atoms with E-state index >= 15 is 0 Å². The van der Waals surface area contributed by atoms with Gasteiger partial charge >= 0.3 is 0 Å². The summed E-state index contributed by atoms with van der Waals surface area (Å²) in [6, 6.07) is 11.4. The van der Waals surface area contributed by atoms with E-state index in [1.807, 2.05) is 6.07 Å². The molecule has 0 saturated carbocycles. The highest BCUT2D eigenvalue weighted by Crippen LogP contribution is 2.18. The van der Waals surface area contributed by atoms with Gasteiger partial charge in [-0.25, -0.2) is 8.78 Å². The number of halogens is 2. The molecule has 1 atom stereocenters. The van der Waals surface area contributed by atoms with Crippen LogP contribution in [0.2, 0.25) is 0 Å². The molecule has 1 amide bonds. The topological polar surface area (TPSA) is 62.1 Å². The summed E-state index contributed by atoms with van der Waals surface area (Å²) in [5.41, 5.74) is 0.974. The van der Waals surface area contributed by atoms with E-state index in [1.54, 1.807) is 37.3 Å². The minimum absolute atomic E-state index is 0.0323. The quantitative estimate of drug-likeness (QED) is 0.813. The van der Waals surface area contributed by atoms with Crippen LogP contribution in [0.5, 0.6) is 5.75 Å². The lowest BCUT2D eigenvalue weighted by atomic mass is 10.1. The Morgan fingerprint density at radius 1 is 1.28 bits per heavy atom. The van der Waals surface area contributed by atoms with Gasteiger partial charge in [-0.05, 0) is 36.8 Å². The van der Waals surface area contributed by atoms with E-state index in [0.29, 0.717) is 5.75 Å². The zero-order chi connectivity index (χ0) is 18.2. The Morgan fingerprint density at radius 2 is 2.00 bits per heavy atom. The van der Waals surface area contributed by atoms with Gasteiger partial charge < -0.3 is 10.1 Å². The highest BCUT2D eigenvalue weighted by atomic mass is 19.1. The van der Waals surface area contributed by atoms with E-state index in [0.717, 1.165) is 17.7 Å². The third-order valence-electron chi connectivity index (χ3n) is 3.40. The fraction of sp³-hybridized carbons (Fsp3) is 0.158. The molecule has 0 aliphatic carbocycles. The molecule has 128 valence electrons. The molecule has 25 heavy (non-hydrogen) atoms. The molecule has 0 aromatic heterocycles. The second-order valence-corrected chi connectivity index (χ2v) is 5.25. The third-order valence-corrected chi connectivity index (χ3v) is 3.40. The van der Waals surface area contributed by atoms with Crippen molar-refractivity contribution in [2.75, 3.05) is 6.61 Å². The van der Waals surface area contributed by atoms with Gasteiger partial charge in [0.05, 0.1) is 6.04 Å². The van der Waals surface area contributed by atoms with Crippen LogP contribution in [0.1, 0.15) is 24.1 Å². The number of nitrogens with zero attached hydrogens (tertiary/aromatic N) is 1. The maximum absolute atomic E-state index is 13.7. The number of rotatable bonds is 6. The number of carbonyl (C=O) groups excluding carboxylic acids is 1. The lowest BCUT2D eigenvalue weighted by Gasteiger charge is -2.13. The van der Waals surface area contributed by atoms with Crippen LogP contribution in [0.4, 0.5) is 8.78 Å². The summed E-state index contributed by atoms with van der Waals surface area (Å²) in [7, 11) is 0. The van der Waals surface area contributed by atoms with Gasteiger partial charge in [-0.2, -0.15) is 5.26 Å². The van der Waals surface area contributed by atoms with Crippen LogP contribution in [-0.4, -0.2) is 12.5 Å². The number of carbonyl (C=O) groups is 1. The Kier molecular flexibility index (Phi) is 6.24. The lowest BCUT2D eigenvalue weighted by molar-refractivity contribution is -0.117. The number of hydrogen-bond acceptors (Lipinski definition) is 3. The molecule has 0 spiro atoms. The average molecular weight is 342 g/mol. The average Bonchev–Trinajstić information content (AvgIpc) is 2.59. The Labute approximate surface area is 144 Å². The molecular formula is C19H16F2N2O2. The molecule has 1 N–H and O–H groups in total. The summed E-state index contributed by atoms with van der Waals surface area (Å²) in [6.07, 6.45) is 2.92. The van der Waals surface area contributed by atoms with Crippen molar-refractivity contribution in [3.05, 3.63) is 71.3 Å². The molecule has 1 unspecified atom stereocenters. The largest absolute Gasteiger partial charge is 0.479 e. The summed E-state index contributed by atoms with van der Waals surface area (Å²) in [6.45, 7) is 1.58. The second-order valence-electron chi connectivity index (χ2n) is 5.25. The van der Waals surface area contributed by atoms with Crippen molar-refractivity contribution in [3.63, 3.8) is 0 Å². The normalized spacial score (nSPS) is 11.8. The standard InChI is InChI=1S/C19H16F2N2O2/c1-13(17-8-5-15(20)12-18(17)21)23-19(24)9-4-14-2-6-16(7-3-14)25-11-10-22/h2-9,12-13H,11H2,1H3,(H,23,24)/b9-4+. The Balaban J connectivity index is 1.94. The number of amides is 1. The summed E-state index contributed by atoms with van der Waals surface area (Å²) < 4.78 is 31.7. The van der Waals surface area contributed by atoms with Crippen LogP contribution >= 0.6 is 0 Å². The maximum Gasteiger partial charge on any atom is 0.244 e. The van der Waals surface area contributed by atoms with Gasteiger partial charge in [0.25, 0.3) is 0 Å². The number of hydrogen-bond donors (Lipinski definition) is 1.